The monoisotopic (exact) mass is 284 g/mol. The highest BCUT2D eigenvalue weighted by Crippen LogP contribution is 2.24. The zero-order chi connectivity index (χ0) is 14.8. The van der Waals surface area contributed by atoms with E-state index >= 15 is 0 Å². The Bertz CT molecular complexity index is 670. The molecule has 1 saturated carbocycles. The third kappa shape index (κ3) is 2.83. The highest BCUT2D eigenvalue weighted by molar-refractivity contribution is 6.01. The van der Waals surface area contributed by atoms with Gasteiger partial charge in [0.1, 0.15) is 5.82 Å². The number of carbonyl (C=O) groups is 1. The molecule has 0 saturated heterocycles. The Morgan fingerprint density at radius 2 is 2.00 bits per heavy atom. The second kappa shape index (κ2) is 5.69. The third-order valence-corrected chi connectivity index (χ3v) is 4.13. The smallest absolute Gasteiger partial charge is 0.252 e. The van der Waals surface area contributed by atoms with Crippen LogP contribution in [0, 0.1) is 0 Å². The molecule has 1 aromatic carbocycles. The molecule has 2 atom stereocenters. The van der Waals surface area contributed by atoms with E-state index in [1.807, 2.05) is 24.3 Å². The number of para-hydroxylation sites is 1. The predicted octanol–water partition coefficient (Wildman–Crippen LogP) is 2.02. The van der Waals surface area contributed by atoms with E-state index in [4.69, 9.17) is 11.5 Å². The molecule has 3 rings (SSSR count). The number of primary amides is 1. The van der Waals surface area contributed by atoms with Crippen LogP contribution in [0.4, 0.5) is 5.82 Å². The van der Waals surface area contributed by atoms with Crippen LogP contribution >= 0.6 is 0 Å². The van der Waals surface area contributed by atoms with E-state index in [0.717, 1.165) is 36.6 Å². The third-order valence-electron chi connectivity index (χ3n) is 4.13. The summed E-state index contributed by atoms with van der Waals surface area (Å²) >= 11 is 0. The van der Waals surface area contributed by atoms with E-state index in [9.17, 15) is 4.79 Å². The van der Waals surface area contributed by atoms with E-state index in [2.05, 4.69) is 10.3 Å². The number of amides is 1. The average Bonchev–Trinajstić information content (AvgIpc) is 2.48. The van der Waals surface area contributed by atoms with Gasteiger partial charge in [0.15, 0.2) is 0 Å². The molecule has 0 spiro atoms. The zero-order valence-corrected chi connectivity index (χ0v) is 11.9. The van der Waals surface area contributed by atoms with Gasteiger partial charge in [-0.25, -0.2) is 4.98 Å². The van der Waals surface area contributed by atoms with Gasteiger partial charge in [-0.05, 0) is 25.0 Å². The van der Waals surface area contributed by atoms with Gasteiger partial charge in [0.25, 0.3) is 5.91 Å². The van der Waals surface area contributed by atoms with Gasteiger partial charge in [-0.1, -0.05) is 31.0 Å². The van der Waals surface area contributed by atoms with Crippen LogP contribution < -0.4 is 16.8 Å². The summed E-state index contributed by atoms with van der Waals surface area (Å²) < 4.78 is 0. The van der Waals surface area contributed by atoms with Crippen molar-refractivity contribution < 1.29 is 4.79 Å². The first-order valence-corrected chi connectivity index (χ1v) is 7.37. The second-order valence-electron chi connectivity index (χ2n) is 5.64. The Morgan fingerprint density at radius 3 is 2.76 bits per heavy atom. The van der Waals surface area contributed by atoms with Crippen LogP contribution in [0.3, 0.4) is 0 Å². The molecule has 5 N–H and O–H groups in total. The lowest BCUT2D eigenvalue weighted by Crippen LogP contribution is -2.43. The van der Waals surface area contributed by atoms with E-state index in [0.29, 0.717) is 11.4 Å². The van der Waals surface area contributed by atoms with Gasteiger partial charge >= 0.3 is 0 Å². The highest BCUT2D eigenvalue weighted by Gasteiger charge is 2.23. The van der Waals surface area contributed by atoms with Gasteiger partial charge in [-0.2, -0.15) is 0 Å². The number of benzene rings is 1. The zero-order valence-electron chi connectivity index (χ0n) is 11.9. The molecule has 1 fully saturated rings. The lowest BCUT2D eigenvalue weighted by molar-refractivity contribution is 0.100. The number of hydrogen-bond donors (Lipinski definition) is 3. The summed E-state index contributed by atoms with van der Waals surface area (Å²) in [6, 6.07) is 9.71. The topological polar surface area (TPSA) is 94.0 Å². The van der Waals surface area contributed by atoms with Crippen molar-refractivity contribution >= 4 is 22.6 Å². The molecular formula is C16H20N4O. The maximum atomic E-state index is 11.7. The normalized spacial score (nSPS) is 22.1. The number of nitrogens with one attached hydrogen (secondary N) is 1. The van der Waals surface area contributed by atoms with Crippen molar-refractivity contribution in [2.75, 3.05) is 5.32 Å². The maximum Gasteiger partial charge on any atom is 0.252 e. The van der Waals surface area contributed by atoms with Crippen LogP contribution in [0.1, 0.15) is 36.0 Å². The molecule has 0 bridgehead atoms. The quantitative estimate of drug-likeness (QED) is 0.803. The predicted molar refractivity (Wildman–Crippen MR) is 84.1 cm³/mol. The van der Waals surface area contributed by atoms with Crippen LogP contribution in [-0.2, 0) is 0 Å². The number of rotatable bonds is 3. The van der Waals surface area contributed by atoms with E-state index in [1.165, 1.54) is 0 Å². The van der Waals surface area contributed by atoms with Gasteiger partial charge < -0.3 is 16.8 Å². The highest BCUT2D eigenvalue weighted by atomic mass is 16.1. The molecule has 2 aromatic rings. The van der Waals surface area contributed by atoms with Crippen LogP contribution in [0.2, 0.25) is 0 Å². The van der Waals surface area contributed by atoms with Gasteiger partial charge in [-0.3, -0.25) is 4.79 Å². The summed E-state index contributed by atoms with van der Waals surface area (Å²) in [4.78, 5) is 16.3. The number of carbonyl (C=O) groups excluding carboxylic acids is 1. The van der Waals surface area contributed by atoms with Crippen LogP contribution in [-0.4, -0.2) is 23.0 Å². The number of aromatic nitrogens is 1. The molecule has 1 heterocycles. The number of fused-ring (bicyclic) bond motifs is 1. The largest absolute Gasteiger partial charge is 0.365 e. The molecule has 5 nitrogen and oxygen atoms in total. The van der Waals surface area contributed by atoms with Crippen molar-refractivity contribution in [3.63, 3.8) is 0 Å². The molecular weight excluding hydrogens is 264 g/mol. The van der Waals surface area contributed by atoms with Crippen molar-refractivity contribution in [3.05, 3.63) is 35.9 Å². The van der Waals surface area contributed by atoms with Crippen LogP contribution in [0.25, 0.3) is 10.9 Å². The summed E-state index contributed by atoms with van der Waals surface area (Å²) in [6.07, 6.45) is 4.29. The Morgan fingerprint density at radius 1 is 1.24 bits per heavy atom. The molecule has 1 aliphatic rings. The summed E-state index contributed by atoms with van der Waals surface area (Å²) in [5, 5.41) is 4.24. The Kier molecular flexibility index (Phi) is 3.75. The van der Waals surface area contributed by atoms with Gasteiger partial charge in [0, 0.05) is 17.5 Å². The van der Waals surface area contributed by atoms with Crippen LogP contribution in [0.5, 0.6) is 0 Å². The summed E-state index contributed by atoms with van der Waals surface area (Å²) in [6.45, 7) is 0. The standard InChI is InChI=1S/C16H20N4O/c17-12-6-2-4-8-14(12)20-16-11(15(18)21)9-10-5-1-3-7-13(10)19-16/h1,3,5,7,9,12,14H,2,4,6,8,17H2,(H2,18,21)(H,19,20)/t12-,14-/m1/s1. The first-order valence-electron chi connectivity index (χ1n) is 7.37. The lowest BCUT2D eigenvalue weighted by Gasteiger charge is -2.30. The molecule has 1 amide bonds. The molecule has 0 aliphatic heterocycles. The molecule has 1 aliphatic carbocycles. The minimum absolute atomic E-state index is 0.0905. The molecule has 21 heavy (non-hydrogen) atoms. The van der Waals surface area contributed by atoms with Crippen molar-refractivity contribution in [1.82, 2.24) is 4.98 Å². The molecule has 0 radical (unpaired) electrons. The van der Waals surface area contributed by atoms with Crippen molar-refractivity contribution in [2.45, 2.75) is 37.8 Å². The fourth-order valence-electron chi connectivity index (χ4n) is 2.93. The second-order valence-corrected chi connectivity index (χ2v) is 5.64. The number of pyridine rings is 1. The van der Waals surface area contributed by atoms with Crippen molar-refractivity contribution in [1.29, 1.82) is 0 Å². The fraction of sp³-hybridized carbons (Fsp3) is 0.375. The number of hydrogen-bond acceptors (Lipinski definition) is 4. The minimum Gasteiger partial charge on any atom is -0.365 e. The molecule has 0 unspecified atom stereocenters. The van der Waals surface area contributed by atoms with Crippen molar-refractivity contribution in [2.24, 2.45) is 11.5 Å². The summed E-state index contributed by atoms with van der Waals surface area (Å²) in [7, 11) is 0. The fourth-order valence-corrected chi connectivity index (χ4v) is 2.93. The Balaban J connectivity index is 1.99. The van der Waals surface area contributed by atoms with Crippen molar-refractivity contribution in [3.8, 4) is 0 Å². The Hall–Kier alpha value is -2.14. The Labute approximate surface area is 123 Å². The summed E-state index contributed by atoms with van der Waals surface area (Å²) in [5.41, 5.74) is 12.9. The maximum absolute atomic E-state index is 11.7. The first kappa shape index (κ1) is 13.8. The number of nitrogens with zero attached hydrogens (tertiary/aromatic N) is 1. The average molecular weight is 284 g/mol. The lowest BCUT2D eigenvalue weighted by atomic mass is 9.91. The molecule has 5 heteroatoms. The van der Waals surface area contributed by atoms with E-state index in [-0.39, 0.29) is 12.1 Å². The van der Waals surface area contributed by atoms with Gasteiger partial charge in [0.05, 0.1) is 11.1 Å². The number of nitrogens with two attached hydrogens (primary N) is 2. The van der Waals surface area contributed by atoms with Crippen LogP contribution in [0.15, 0.2) is 30.3 Å². The molecule has 1 aromatic heterocycles. The van der Waals surface area contributed by atoms with Gasteiger partial charge in [0.2, 0.25) is 0 Å². The van der Waals surface area contributed by atoms with Gasteiger partial charge in [-0.15, -0.1) is 0 Å². The van der Waals surface area contributed by atoms with E-state index in [1.54, 1.807) is 6.07 Å². The van der Waals surface area contributed by atoms with E-state index < -0.39 is 5.91 Å². The summed E-state index contributed by atoms with van der Waals surface area (Å²) in [5.74, 6) is 0.0729. The first-order chi connectivity index (χ1) is 10.1. The minimum atomic E-state index is -0.472. The molecule has 110 valence electrons. The SMILES string of the molecule is NC(=O)c1cc2ccccc2nc1N[C@@H]1CCCC[C@H]1N. The number of anilines is 1.